The molecule has 2 bridgehead atoms. The zero-order valence-electron chi connectivity index (χ0n) is 25.7. The summed E-state index contributed by atoms with van der Waals surface area (Å²) in [5.41, 5.74) is -0.451. The van der Waals surface area contributed by atoms with Crippen LogP contribution in [0.3, 0.4) is 0 Å². The summed E-state index contributed by atoms with van der Waals surface area (Å²) in [6, 6.07) is 6.56. The second kappa shape index (κ2) is 14.2. The van der Waals surface area contributed by atoms with E-state index in [0.717, 1.165) is 32.1 Å². The van der Waals surface area contributed by atoms with Gasteiger partial charge in [0.05, 0.1) is 24.5 Å². The molecular weight excluding hydrogens is 626 g/mol. The molecule has 0 radical (unpaired) electrons. The van der Waals surface area contributed by atoms with Crippen LogP contribution in [-0.2, 0) is 19.1 Å². The van der Waals surface area contributed by atoms with Crippen molar-refractivity contribution in [2.45, 2.75) is 86.9 Å². The van der Waals surface area contributed by atoms with Crippen LogP contribution in [0.5, 0.6) is 5.75 Å². The minimum Gasteiger partial charge on any atom is -0.494 e. The second-order valence-electron chi connectivity index (χ2n) is 12.4. The highest BCUT2D eigenvalue weighted by Crippen LogP contribution is 2.60. The number of rotatable bonds is 14. The maximum Gasteiger partial charge on any atom is 0.248 e. The van der Waals surface area contributed by atoms with Crippen LogP contribution in [-0.4, -0.2) is 94.1 Å². The molecule has 5 rings (SSSR count). The number of unbranched alkanes of at least 4 members (excludes halogenated alkanes) is 1. The molecule has 1 N–H and O–H groups in total. The Morgan fingerprint density at radius 2 is 1.82 bits per heavy atom. The number of hydrogen-bond donors (Lipinski definition) is 1. The van der Waals surface area contributed by atoms with Gasteiger partial charge in [0.15, 0.2) is 0 Å². The molecule has 1 spiro atoms. The van der Waals surface area contributed by atoms with E-state index in [2.05, 4.69) is 29.1 Å². The number of anilines is 1. The molecule has 1 aromatic rings. The first-order valence-electron chi connectivity index (χ1n) is 16.1. The van der Waals surface area contributed by atoms with E-state index in [1.165, 1.54) is 0 Å². The fraction of sp³-hybridized carbons (Fsp3) is 0.618. The predicted molar refractivity (Wildman–Crippen MR) is 173 cm³/mol. The van der Waals surface area contributed by atoms with Gasteiger partial charge < -0.3 is 29.3 Å². The van der Waals surface area contributed by atoms with Gasteiger partial charge in [-0.3, -0.25) is 14.4 Å². The standard InChI is InChI=1S/C34H46BrN3O6/c1-4-18-36(24-14-16-25(17-15-24)43-6-3)31(40)27-28-32(41)38(20-10-11-21-39)30(34(28)22-26(35)29(27)44-34)33(42)37(19-5-2)23-12-8-7-9-13-23/h4-5,14-17,23,26-30,39H,1-2,6-13,18-22H2,3H3/t26?,27-,28+,29-,30?,34?/m1/s1. The molecule has 3 amide bonds. The highest BCUT2D eigenvalue weighted by Gasteiger charge is 2.77. The SMILES string of the molecule is C=CCN(C(=O)[C@H]1[C@@H]2OC3(CC2Br)C(C(=O)N(CC=C)C2CCCCC2)N(CCCCO)C(=O)[C@H]13)c1ccc(OCC)cc1. The molecule has 6 atom stereocenters. The topological polar surface area (TPSA) is 99.6 Å². The number of carbonyl (C=O) groups is 3. The van der Waals surface area contributed by atoms with Crippen LogP contribution in [0, 0.1) is 11.8 Å². The Morgan fingerprint density at radius 3 is 2.45 bits per heavy atom. The fourth-order valence-corrected chi connectivity index (χ4v) is 8.90. The lowest BCUT2D eigenvalue weighted by atomic mass is 9.70. The van der Waals surface area contributed by atoms with Crippen molar-refractivity contribution < 1.29 is 29.0 Å². The van der Waals surface area contributed by atoms with E-state index < -0.39 is 29.6 Å². The smallest absolute Gasteiger partial charge is 0.248 e. The number of nitrogens with zero attached hydrogens (tertiary/aromatic N) is 3. The van der Waals surface area contributed by atoms with Crippen molar-refractivity contribution in [3.63, 3.8) is 0 Å². The van der Waals surface area contributed by atoms with Crippen molar-refractivity contribution in [3.05, 3.63) is 49.6 Å². The number of amides is 3. The number of carbonyl (C=O) groups excluding carboxylic acids is 3. The Labute approximate surface area is 269 Å². The third kappa shape index (κ3) is 5.85. The Hall–Kier alpha value is -2.69. The number of aliphatic hydroxyl groups excluding tert-OH is 1. The van der Waals surface area contributed by atoms with E-state index >= 15 is 0 Å². The summed E-state index contributed by atoms with van der Waals surface area (Å²) >= 11 is 3.79. The maximum absolute atomic E-state index is 14.7. The van der Waals surface area contributed by atoms with E-state index in [1.54, 1.807) is 22.0 Å². The summed E-state index contributed by atoms with van der Waals surface area (Å²) in [6.07, 6.45) is 9.52. The summed E-state index contributed by atoms with van der Waals surface area (Å²) in [6.45, 7) is 11.2. The number of fused-ring (bicyclic) bond motifs is 1. The fourth-order valence-electron chi connectivity index (χ4n) is 7.95. The van der Waals surface area contributed by atoms with Crippen LogP contribution < -0.4 is 9.64 Å². The van der Waals surface area contributed by atoms with Gasteiger partial charge in [-0.2, -0.15) is 0 Å². The molecule has 1 aliphatic carbocycles. The number of likely N-dealkylation sites (tertiary alicyclic amines) is 1. The van der Waals surface area contributed by atoms with Crippen molar-refractivity contribution in [1.82, 2.24) is 9.80 Å². The third-order valence-electron chi connectivity index (χ3n) is 9.78. The minimum atomic E-state index is -1.13. The van der Waals surface area contributed by atoms with E-state index in [0.29, 0.717) is 50.4 Å². The lowest BCUT2D eigenvalue weighted by molar-refractivity contribution is -0.150. The van der Waals surface area contributed by atoms with Crippen LogP contribution in [0.4, 0.5) is 5.69 Å². The summed E-state index contributed by atoms with van der Waals surface area (Å²) in [7, 11) is 0. The molecule has 10 heteroatoms. The van der Waals surface area contributed by atoms with Gasteiger partial charge in [0.25, 0.3) is 0 Å². The largest absolute Gasteiger partial charge is 0.494 e. The van der Waals surface area contributed by atoms with E-state index in [4.69, 9.17) is 9.47 Å². The Balaban J connectivity index is 1.52. The molecule has 4 aliphatic rings. The molecule has 240 valence electrons. The first-order valence-corrected chi connectivity index (χ1v) is 17.0. The van der Waals surface area contributed by atoms with Gasteiger partial charge in [-0.25, -0.2) is 0 Å². The highest BCUT2D eigenvalue weighted by atomic mass is 79.9. The van der Waals surface area contributed by atoms with Crippen LogP contribution >= 0.6 is 15.9 Å². The summed E-state index contributed by atoms with van der Waals surface area (Å²) in [4.78, 5) is 48.7. The molecule has 44 heavy (non-hydrogen) atoms. The minimum absolute atomic E-state index is 0.00162. The number of benzene rings is 1. The number of halogens is 1. The van der Waals surface area contributed by atoms with Crippen molar-refractivity contribution in [3.8, 4) is 5.75 Å². The molecule has 0 aromatic heterocycles. The Kier molecular flexibility index (Phi) is 10.5. The molecule has 3 aliphatic heterocycles. The normalized spacial score (nSPS) is 29.4. The first-order chi connectivity index (χ1) is 21.3. The van der Waals surface area contributed by atoms with Crippen LogP contribution in [0.15, 0.2) is 49.6 Å². The number of ether oxygens (including phenoxy) is 2. The van der Waals surface area contributed by atoms with Crippen molar-refractivity contribution in [2.75, 3.05) is 37.7 Å². The van der Waals surface area contributed by atoms with Crippen molar-refractivity contribution in [2.24, 2.45) is 11.8 Å². The molecule has 9 nitrogen and oxygen atoms in total. The van der Waals surface area contributed by atoms with Gasteiger partial charge in [0, 0.05) is 42.8 Å². The summed E-state index contributed by atoms with van der Waals surface area (Å²) in [5.74, 6) is -1.41. The number of alkyl halides is 1. The van der Waals surface area contributed by atoms with E-state index in [1.807, 2.05) is 36.1 Å². The molecule has 3 unspecified atom stereocenters. The maximum atomic E-state index is 14.7. The number of hydrogen-bond acceptors (Lipinski definition) is 6. The molecule has 1 saturated carbocycles. The van der Waals surface area contributed by atoms with Crippen molar-refractivity contribution >= 4 is 39.3 Å². The Bertz CT molecular complexity index is 1220. The van der Waals surface area contributed by atoms with Crippen LogP contribution in [0.25, 0.3) is 0 Å². The summed E-state index contributed by atoms with van der Waals surface area (Å²) in [5, 5.41) is 9.50. The van der Waals surface area contributed by atoms with Gasteiger partial charge in [0.1, 0.15) is 17.4 Å². The third-order valence-corrected chi connectivity index (χ3v) is 10.6. The molecule has 3 saturated heterocycles. The lowest BCUT2D eigenvalue weighted by Gasteiger charge is -2.41. The molecule has 3 heterocycles. The zero-order valence-corrected chi connectivity index (χ0v) is 27.3. The highest BCUT2D eigenvalue weighted by molar-refractivity contribution is 9.09. The lowest BCUT2D eigenvalue weighted by Crippen LogP contribution is -2.59. The van der Waals surface area contributed by atoms with Gasteiger partial charge in [-0.1, -0.05) is 47.3 Å². The summed E-state index contributed by atoms with van der Waals surface area (Å²) < 4.78 is 12.4. The number of aliphatic hydroxyl groups is 1. The van der Waals surface area contributed by atoms with Crippen molar-refractivity contribution in [1.29, 1.82) is 0 Å². The van der Waals surface area contributed by atoms with Crippen LogP contribution in [0.2, 0.25) is 0 Å². The van der Waals surface area contributed by atoms with Crippen LogP contribution in [0.1, 0.15) is 58.3 Å². The van der Waals surface area contributed by atoms with Gasteiger partial charge in [0.2, 0.25) is 17.7 Å². The average molecular weight is 673 g/mol. The second-order valence-corrected chi connectivity index (χ2v) is 13.5. The van der Waals surface area contributed by atoms with E-state index in [-0.39, 0.29) is 41.7 Å². The monoisotopic (exact) mass is 671 g/mol. The predicted octanol–water partition coefficient (Wildman–Crippen LogP) is 4.47. The molecular formula is C34H46BrN3O6. The zero-order chi connectivity index (χ0) is 31.4. The van der Waals surface area contributed by atoms with E-state index in [9.17, 15) is 19.5 Å². The quantitative estimate of drug-likeness (QED) is 0.178. The molecule has 4 fully saturated rings. The van der Waals surface area contributed by atoms with Gasteiger partial charge >= 0.3 is 0 Å². The average Bonchev–Trinajstić information content (AvgIpc) is 3.62. The van der Waals surface area contributed by atoms with Gasteiger partial charge in [-0.15, -0.1) is 13.2 Å². The van der Waals surface area contributed by atoms with Gasteiger partial charge in [-0.05, 0) is 63.3 Å². The molecule has 1 aromatic carbocycles. The first kappa shape index (κ1) is 32.7. The Morgan fingerprint density at radius 1 is 1.11 bits per heavy atom.